The number of Topliss-reactive ketones (excluding diaryl/α,β-unsaturated/α-hetero) is 1. The van der Waals surface area contributed by atoms with Gasteiger partial charge >= 0.3 is 0 Å². The van der Waals surface area contributed by atoms with Crippen LogP contribution < -0.4 is 0 Å². The van der Waals surface area contributed by atoms with Crippen LogP contribution in [0.5, 0.6) is 0 Å². The first kappa shape index (κ1) is 11.4. The molecule has 0 aromatic heterocycles. The third-order valence-corrected chi connectivity index (χ3v) is 3.60. The summed E-state index contributed by atoms with van der Waals surface area (Å²) in [5, 5.41) is 0. The third-order valence-electron chi connectivity index (χ3n) is 3.60. The van der Waals surface area contributed by atoms with Gasteiger partial charge in [0, 0.05) is 12.8 Å². The number of rotatable bonds is 2. The maximum Gasteiger partial charge on any atom is 0.133 e. The second-order valence-corrected chi connectivity index (χ2v) is 5.14. The summed E-state index contributed by atoms with van der Waals surface area (Å²) < 4.78 is 0. The molecule has 16 heavy (non-hydrogen) atoms. The molecule has 1 aromatic carbocycles. The Morgan fingerprint density at radius 1 is 1.31 bits per heavy atom. The Hall–Kier alpha value is -1.11. The number of aryl methyl sites for hydroxylation is 2. The van der Waals surface area contributed by atoms with Crippen molar-refractivity contribution in [2.75, 3.05) is 0 Å². The number of ketones is 1. The van der Waals surface area contributed by atoms with Crippen LogP contribution in [0.1, 0.15) is 42.4 Å². The van der Waals surface area contributed by atoms with Crippen LogP contribution in [0.25, 0.3) is 0 Å². The molecule has 1 heteroatoms. The predicted molar refractivity (Wildman–Crippen MR) is 66.6 cm³/mol. The minimum atomic E-state index is 0.460. The van der Waals surface area contributed by atoms with Gasteiger partial charge in [-0.2, -0.15) is 0 Å². The predicted octanol–water partition coefficient (Wildman–Crippen LogP) is 3.61. The van der Waals surface area contributed by atoms with Crippen molar-refractivity contribution >= 4 is 5.78 Å². The van der Waals surface area contributed by atoms with Crippen molar-refractivity contribution < 1.29 is 4.79 Å². The highest BCUT2D eigenvalue weighted by Crippen LogP contribution is 2.26. The molecule has 0 amide bonds. The van der Waals surface area contributed by atoms with Gasteiger partial charge in [-0.25, -0.2) is 0 Å². The van der Waals surface area contributed by atoms with Crippen LogP contribution in [0, 0.1) is 19.8 Å². The van der Waals surface area contributed by atoms with Crippen LogP contribution in [0.4, 0.5) is 0 Å². The van der Waals surface area contributed by atoms with Crippen molar-refractivity contribution in [2.45, 2.75) is 46.0 Å². The number of carbonyl (C=O) groups excluding carboxylic acids is 1. The molecule has 1 nitrogen and oxygen atoms in total. The standard InChI is InChI=1S/C15H20O/c1-11-6-7-12(2)14(8-11)9-13-4-3-5-15(16)10-13/h6-8,13H,3-5,9-10H2,1-2H3. The molecule has 1 fully saturated rings. The second kappa shape index (κ2) is 4.82. The zero-order valence-corrected chi connectivity index (χ0v) is 10.3. The molecule has 86 valence electrons. The highest BCUT2D eigenvalue weighted by Gasteiger charge is 2.20. The molecule has 1 aromatic rings. The largest absolute Gasteiger partial charge is 0.300 e. The molecular formula is C15H20O. The molecule has 0 spiro atoms. The van der Waals surface area contributed by atoms with Crippen LogP contribution >= 0.6 is 0 Å². The first-order valence-electron chi connectivity index (χ1n) is 6.23. The number of hydrogen-bond donors (Lipinski definition) is 0. The van der Waals surface area contributed by atoms with Gasteiger partial charge < -0.3 is 0 Å². The summed E-state index contributed by atoms with van der Waals surface area (Å²) in [5.41, 5.74) is 4.12. The van der Waals surface area contributed by atoms with E-state index in [2.05, 4.69) is 32.0 Å². The lowest BCUT2D eigenvalue weighted by Crippen LogP contribution is -2.17. The van der Waals surface area contributed by atoms with Crippen molar-refractivity contribution in [2.24, 2.45) is 5.92 Å². The molecule has 0 bridgehead atoms. The van der Waals surface area contributed by atoms with E-state index in [-0.39, 0.29) is 0 Å². The van der Waals surface area contributed by atoms with Crippen molar-refractivity contribution in [3.8, 4) is 0 Å². The Bertz CT molecular complexity index is 392. The monoisotopic (exact) mass is 216 g/mol. The second-order valence-electron chi connectivity index (χ2n) is 5.14. The Balaban J connectivity index is 2.08. The zero-order chi connectivity index (χ0) is 11.5. The zero-order valence-electron chi connectivity index (χ0n) is 10.3. The molecule has 2 rings (SSSR count). The van der Waals surface area contributed by atoms with E-state index >= 15 is 0 Å². The SMILES string of the molecule is Cc1ccc(C)c(CC2CCCC(=O)C2)c1. The molecule has 0 aliphatic heterocycles. The minimum absolute atomic E-state index is 0.460. The molecule has 1 atom stereocenters. The molecule has 0 radical (unpaired) electrons. The fourth-order valence-electron chi connectivity index (χ4n) is 2.62. The highest BCUT2D eigenvalue weighted by molar-refractivity contribution is 5.79. The Labute approximate surface area is 97.9 Å². The summed E-state index contributed by atoms with van der Waals surface area (Å²) in [6, 6.07) is 6.62. The molecule has 1 aliphatic carbocycles. The number of hydrogen-bond acceptors (Lipinski definition) is 1. The number of benzene rings is 1. The van der Waals surface area contributed by atoms with E-state index in [1.165, 1.54) is 23.1 Å². The maximum atomic E-state index is 11.4. The first-order chi connectivity index (χ1) is 7.65. The fourth-order valence-corrected chi connectivity index (χ4v) is 2.62. The lowest BCUT2D eigenvalue weighted by atomic mass is 9.83. The summed E-state index contributed by atoms with van der Waals surface area (Å²) in [6.45, 7) is 4.30. The van der Waals surface area contributed by atoms with E-state index in [1.54, 1.807) is 0 Å². The fraction of sp³-hybridized carbons (Fsp3) is 0.533. The van der Waals surface area contributed by atoms with E-state index in [0.717, 1.165) is 25.7 Å². The Kier molecular flexibility index (Phi) is 3.42. The molecule has 1 aliphatic rings. The Morgan fingerprint density at radius 3 is 2.88 bits per heavy atom. The van der Waals surface area contributed by atoms with E-state index in [0.29, 0.717) is 11.7 Å². The minimum Gasteiger partial charge on any atom is -0.300 e. The molecule has 0 N–H and O–H groups in total. The normalized spacial score (nSPS) is 21.1. The van der Waals surface area contributed by atoms with E-state index < -0.39 is 0 Å². The highest BCUT2D eigenvalue weighted by atomic mass is 16.1. The van der Waals surface area contributed by atoms with Gasteiger partial charge in [0.1, 0.15) is 5.78 Å². The van der Waals surface area contributed by atoms with Crippen molar-refractivity contribution in [1.82, 2.24) is 0 Å². The summed E-state index contributed by atoms with van der Waals surface area (Å²) in [7, 11) is 0. The van der Waals surface area contributed by atoms with E-state index in [4.69, 9.17) is 0 Å². The average molecular weight is 216 g/mol. The lowest BCUT2D eigenvalue weighted by Gasteiger charge is -2.21. The van der Waals surface area contributed by atoms with Crippen LogP contribution in [0.15, 0.2) is 18.2 Å². The van der Waals surface area contributed by atoms with E-state index in [9.17, 15) is 4.79 Å². The average Bonchev–Trinajstić information content (AvgIpc) is 2.24. The first-order valence-corrected chi connectivity index (χ1v) is 6.23. The van der Waals surface area contributed by atoms with Crippen molar-refractivity contribution in [3.63, 3.8) is 0 Å². The van der Waals surface area contributed by atoms with Gasteiger partial charge in [0.25, 0.3) is 0 Å². The van der Waals surface area contributed by atoms with Crippen molar-refractivity contribution in [1.29, 1.82) is 0 Å². The van der Waals surface area contributed by atoms with Crippen LogP contribution in [-0.4, -0.2) is 5.78 Å². The summed E-state index contributed by atoms with van der Waals surface area (Å²) >= 11 is 0. The molecule has 0 heterocycles. The smallest absolute Gasteiger partial charge is 0.133 e. The van der Waals surface area contributed by atoms with Gasteiger partial charge in [0.05, 0.1) is 0 Å². The Morgan fingerprint density at radius 2 is 2.12 bits per heavy atom. The molecular weight excluding hydrogens is 196 g/mol. The summed E-state index contributed by atoms with van der Waals surface area (Å²) in [5.74, 6) is 1.04. The van der Waals surface area contributed by atoms with Gasteiger partial charge in [-0.05, 0) is 50.2 Å². The summed E-state index contributed by atoms with van der Waals surface area (Å²) in [6.07, 6.45) is 5.00. The molecule has 1 unspecified atom stereocenters. The van der Waals surface area contributed by atoms with Gasteiger partial charge in [-0.3, -0.25) is 4.79 Å². The number of carbonyl (C=O) groups is 1. The van der Waals surface area contributed by atoms with E-state index in [1.807, 2.05) is 0 Å². The quantitative estimate of drug-likeness (QED) is 0.738. The van der Waals surface area contributed by atoms with Crippen LogP contribution in [0.2, 0.25) is 0 Å². The van der Waals surface area contributed by atoms with Crippen molar-refractivity contribution in [3.05, 3.63) is 34.9 Å². The topological polar surface area (TPSA) is 17.1 Å². The van der Waals surface area contributed by atoms with Crippen LogP contribution in [-0.2, 0) is 11.2 Å². The van der Waals surface area contributed by atoms with Gasteiger partial charge in [0.2, 0.25) is 0 Å². The van der Waals surface area contributed by atoms with Crippen LogP contribution in [0.3, 0.4) is 0 Å². The third kappa shape index (κ3) is 2.72. The van der Waals surface area contributed by atoms with Gasteiger partial charge in [-0.15, -0.1) is 0 Å². The van der Waals surface area contributed by atoms with Gasteiger partial charge in [-0.1, -0.05) is 23.8 Å². The maximum absolute atomic E-state index is 11.4. The lowest BCUT2D eigenvalue weighted by molar-refractivity contribution is -0.121. The molecule has 1 saturated carbocycles. The van der Waals surface area contributed by atoms with Gasteiger partial charge in [0.15, 0.2) is 0 Å². The summed E-state index contributed by atoms with van der Waals surface area (Å²) in [4.78, 5) is 11.4. The molecule has 0 saturated heterocycles.